The van der Waals surface area contributed by atoms with Gasteiger partial charge in [0.25, 0.3) is 0 Å². The van der Waals surface area contributed by atoms with Crippen LogP contribution in [0.25, 0.3) is 0 Å². The number of nitriles is 1. The molecule has 0 aliphatic carbocycles. The van der Waals surface area contributed by atoms with Crippen molar-refractivity contribution in [2.45, 2.75) is 45.1 Å². The molecule has 2 rings (SSSR count). The number of anilines is 1. The summed E-state index contributed by atoms with van der Waals surface area (Å²) in [6.45, 7) is 4.44. The van der Waals surface area contributed by atoms with E-state index in [1.165, 1.54) is 25.7 Å². The van der Waals surface area contributed by atoms with Crippen molar-refractivity contribution in [2.75, 3.05) is 24.5 Å². The highest BCUT2D eigenvalue weighted by molar-refractivity contribution is 5.96. The van der Waals surface area contributed by atoms with Crippen LogP contribution in [0, 0.1) is 11.3 Å². The lowest BCUT2D eigenvalue weighted by Gasteiger charge is -2.31. The van der Waals surface area contributed by atoms with Gasteiger partial charge in [-0.15, -0.1) is 0 Å². The fourth-order valence-corrected chi connectivity index (χ4v) is 3.00. The predicted octanol–water partition coefficient (Wildman–Crippen LogP) is 3.20. The minimum Gasteiger partial charge on any atom is -0.310 e. The second-order valence-electron chi connectivity index (χ2n) is 5.86. The molecule has 1 heterocycles. The SMILES string of the molecule is CC(C(=O)N(CCC#N)c1ccccc1)N1CCCCCC1. The summed E-state index contributed by atoms with van der Waals surface area (Å²) in [6.07, 6.45) is 5.21. The Balaban J connectivity index is 2.12. The molecule has 0 radical (unpaired) electrons. The van der Waals surface area contributed by atoms with E-state index in [4.69, 9.17) is 5.26 Å². The molecule has 1 fully saturated rings. The molecule has 0 N–H and O–H groups in total. The first kappa shape index (κ1) is 16.5. The first-order chi connectivity index (χ1) is 10.7. The third-order valence-electron chi connectivity index (χ3n) is 4.33. The fraction of sp³-hybridized carbons (Fsp3) is 0.556. The molecule has 118 valence electrons. The molecule has 22 heavy (non-hydrogen) atoms. The van der Waals surface area contributed by atoms with E-state index in [0.29, 0.717) is 13.0 Å². The Labute approximate surface area is 133 Å². The van der Waals surface area contributed by atoms with Gasteiger partial charge in [0.2, 0.25) is 5.91 Å². The summed E-state index contributed by atoms with van der Waals surface area (Å²) in [6, 6.07) is 11.7. The molecule has 1 aromatic rings. The Hall–Kier alpha value is -1.86. The predicted molar refractivity (Wildman–Crippen MR) is 88.5 cm³/mol. The molecule has 1 unspecified atom stereocenters. The van der Waals surface area contributed by atoms with Crippen molar-refractivity contribution in [3.8, 4) is 6.07 Å². The lowest BCUT2D eigenvalue weighted by molar-refractivity contribution is -0.123. The molecule has 4 heteroatoms. The van der Waals surface area contributed by atoms with Gasteiger partial charge in [-0.1, -0.05) is 31.0 Å². The van der Waals surface area contributed by atoms with Gasteiger partial charge in [-0.2, -0.15) is 5.26 Å². The van der Waals surface area contributed by atoms with Crippen molar-refractivity contribution >= 4 is 11.6 Å². The highest BCUT2D eigenvalue weighted by Gasteiger charge is 2.27. The molecule has 0 bridgehead atoms. The second-order valence-corrected chi connectivity index (χ2v) is 5.86. The maximum atomic E-state index is 12.9. The Morgan fingerprint density at radius 1 is 1.23 bits per heavy atom. The van der Waals surface area contributed by atoms with Crippen molar-refractivity contribution in [3.05, 3.63) is 30.3 Å². The summed E-state index contributed by atoms with van der Waals surface area (Å²) in [5.41, 5.74) is 0.879. The van der Waals surface area contributed by atoms with Crippen LogP contribution in [0.1, 0.15) is 39.0 Å². The molecule has 0 spiro atoms. The molecule has 0 saturated carbocycles. The Morgan fingerprint density at radius 2 is 1.86 bits per heavy atom. The van der Waals surface area contributed by atoms with Gasteiger partial charge in [0.1, 0.15) is 0 Å². The Bertz CT molecular complexity index is 501. The van der Waals surface area contributed by atoms with Crippen LogP contribution in [0.3, 0.4) is 0 Å². The van der Waals surface area contributed by atoms with Crippen molar-refractivity contribution < 1.29 is 4.79 Å². The van der Waals surface area contributed by atoms with Crippen LogP contribution in [-0.2, 0) is 4.79 Å². The standard InChI is InChI=1S/C18H25N3O/c1-16(20-13-7-2-3-8-14-20)18(22)21(15-9-12-19)17-10-5-4-6-11-17/h4-6,10-11,16H,2-3,7-9,13-15H2,1H3. The number of likely N-dealkylation sites (tertiary alicyclic amines) is 1. The summed E-state index contributed by atoms with van der Waals surface area (Å²) in [5.74, 6) is 0.100. The number of rotatable bonds is 5. The van der Waals surface area contributed by atoms with Crippen molar-refractivity contribution in [2.24, 2.45) is 0 Å². The average molecular weight is 299 g/mol. The molecule has 0 aromatic heterocycles. The summed E-state index contributed by atoms with van der Waals surface area (Å²) in [5, 5.41) is 8.87. The van der Waals surface area contributed by atoms with E-state index in [9.17, 15) is 4.79 Å². The average Bonchev–Trinajstić information content (AvgIpc) is 2.84. The molecule has 1 aliphatic heterocycles. The largest absolute Gasteiger partial charge is 0.310 e. The lowest BCUT2D eigenvalue weighted by atomic mass is 10.2. The molecular formula is C18H25N3O. The quantitative estimate of drug-likeness (QED) is 0.839. The molecule has 1 atom stereocenters. The van der Waals surface area contributed by atoms with Crippen LogP contribution in [0.15, 0.2) is 30.3 Å². The summed E-state index contributed by atoms with van der Waals surface area (Å²) < 4.78 is 0. The van der Waals surface area contributed by atoms with Crippen LogP contribution in [0.5, 0.6) is 0 Å². The number of carbonyl (C=O) groups excluding carboxylic acids is 1. The van der Waals surface area contributed by atoms with Crippen LogP contribution in [-0.4, -0.2) is 36.5 Å². The van der Waals surface area contributed by atoms with Crippen molar-refractivity contribution in [1.82, 2.24) is 4.90 Å². The molecule has 4 nitrogen and oxygen atoms in total. The van der Waals surface area contributed by atoms with E-state index in [0.717, 1.165) is 18.8 Å². The van der Waals surface area contributed by atoms with Gasteiger partial charge in [0, 0.05) is 12.2 Å². The lowest BCUT2D eigenvalue weighted by Crippen LogP contribution is -2.48. The first-order valence-electron chi connectivity index (χ1n) is 8.21. The smallest absolute Gasteiger partial charge is 0.244 e. The maximum Gasteiger partial charge on any atom is 0.244 e. The number of hydrogen-bond acceptors (Lipinski definition) is 3. The van der Waals surface area contributed by atoms with E-state index >= 15 is 0 Å². The number of carbonyl (C=O) groups is 1. The third kappa shape index (κ3) is 4.32. The van der Waals surface area contributed by atoms with Crippen LogP contribution in [0.2, 0.25) is 0 Å². The van der Waals surface area contributed by atoms with Gasteiger partial charge in [-0.25, -0.2) is 0 Å². The van der Waals surface area contributed by atoms with Crippen molar-refractivity contribution in [1.29, 1.82) is 5.26 Å². The first-order valence-corrected chi connectivity index (χ1v) is 8.21. The Morgan fingerprint density at radius 3 is 2.45 bits per heavy atom. The minimum absolute atomic E-state index is 0.100. The van der Waals surface area contributed by atoms with Crippen LogP contribution < -0.4 is 4.90 Å². The van der Waals surface area contributed by atoms with Crippen LogP contribution >= 0.6 is 0 Å². The van der Waals surface area contributed by atoms with Crippen molar-refractivity contribution in [3.63, 3.8) is 0 Å². The van der Waals surface area contributed by atoms with E-state index in [1.807, 2.05) is 37.3 Å². The van der Waals surface area contributed by atoms with Gasteiger partial charge in [-0.05, 0) is 45.0 Å². The zero-order chi connectivity index (χ0) is 15.8. The van der Waals surface area contributed by atoms with Gasteiger partial charge >= 0.3 is 0 Å². The molecular weight excluding hydrogens is 274 g/mol. The topological polar surface area (TPSA) is 47.3 Å². The highest BCUT2D eigenvalue weighted by Crippen LogP contribution is 2.19. The summed E-state index contributed by atoms with van der Waals surface area (Å²) >= 11 is 0. The zero-order valence-electron chi connectivity index (χ0n) is 13.4. The summed E-state index contributed by atoms with van der Waals surface area (Å²) in [4.78, 5) is 17.0. The molecule has 1 aliphatic rings. The monoisotopic (exact) mass is 299 g/mol. The van der Waals surface area contributed by atoms with Gasteiger partial charge in [-0.3, -0.25) is 9.69 Å². The number of benzene rings is 1. The molecule has 1 saturated heterocycles. The normalized spacial score (nSPS) is 17.3. The summed E-state index contributed by atoms with van der Waals surface area (Å²) in [7, 11) is 0. The van der Waals surface area contributed by atoms with Gasteiger partial charge in [0.05, 0.1) is 18.5 Å². The van der Waals surface area contributed by atoms with Gasteiger partial charge in [0.15, 0.2) is 0 Å². The van der Waals surface area contributed by atoms with E-state index in [1.54, 1.807) is 4.90 Å². The third-order valence-corrected chi connectivity index (χ3v) is 4.33. The number of nitrogens with zero attached hydrogens (tertiary/aromatic N) is 3. The van der Waals surface area contributed by atoms with Gasteiger partial charge < -0.3 is 4.90 Å². The van der Waals surface area contributed by atoms with E-state index in [-0.39, 0.29) is 11.9 Å². The molecule has 1 aromatic carbocycles. The second kappa shape index (κ2) is 8.55. The number of hydrogen-bond donors (Lipinski definition) is 0. The van der Waals surface area contributed by atoms with E-state index < -0.39 is 0 Å². The number of amides is 1. The highest BCUT2D eigenvalue weighted by atomic mass is 16.2. The minimum atomic E-state index is -0.128. The number of para-hydroxylation sites is 1. The maximum absolute atomic E-state index is 12.9. The van der Waals surface area contributed by atoms with Crippen LogP contribution in [0.4, 0.5) is 5.69 Å². The fourth-order valence-electron chi connectivity index (χ4n) is 3.00. The molecule has 1 amide bonds. The Kier molecular flexibility index (Phi) is 6.42. The zero-order valence-corrected chi connectivity index (χ0v) is 13.4. The van der Waals surface area contributed by atoms with E-state index in [2.05, 4.69) is 11.0 Å².